The smallest absolute Gasteiger partial charge is 0.182 e. The first-order valence-corrected chi connectivity index (χ1v) is 6.29. The van der Waals surface area contributed by atoms with E-state index in [0.717, 1.165) is 0 Å². The molecular weight excluding hydrogens is 301 g/mol. The van der Waals surface area contributed by atoms with E-state index in [-0.39, 0.29) is 16.6 Å². The van der Waals surface area contributed by atoms with Crippen LogP contribution in [0, 0.1) is 5.82 Å². The number of aliphatic imine (C=N–C) groups is 1. The molecular formula is C12H13ClFN5O2. The van der Waals surface area contributed by atoms with Crippen LogP contribution >= 0.6 is 11.6 Å². The summed E-state index contributed by atoms with van der Waals surface area (Å²) in [6, 6.07) is 3.92. The lowest BCUT2D eigenvalue weighted by molar-refractivity contribution is 0.234. The maximum Gasteiger partial charge on any atom is 0.182 e. The zero-order valence-corrected chi connectivity index (χ0v) is 12.1. The van der Waals surface area contributed by atoms with Crippen LogP contribution in [0.1, 0.15) is 11.4 Å². The minimum atomic E-state index is -0.550. The van der Waals surface area contributed by atoms with E-state index in [1.165, 1.54) is 18.2 Å². The molecule has 9 heteroatoms. The molecule has 0 radical (unpaired) electrons. The Morgan fingerprint density at radius 2 is 2.24 bits per heavy atom. The fourth-order valence-electron chi connectivity index (χ4n) is 1.60. The number of amidine groups is 1. The lowest BCUT2D eigenvalue weighted by Crippen LogP contribution is -2.23. The van der Waals surface area contributed by atoms with Gasteiger partial charge in [0.05, 0.1) is 10.7 Å². The van der Waals surface area contributed by atoms with Crippen molar-refractivity contribution in [2.24, 2.45) is 4.99 Å². The topological polar surface area (TPSA) is 86.8 Å². The molecule has 21 heavy (non-hydrogen) atoms. The second-order valence-electron chi connectivity index (χ2n) is 4.47. The Bertz CT molecular complexity index is 659. The molecule has 2 N–H and O–H groups in total. The third-order valence-electron chi connectivity index (χ3n) is 2.50. The number of aromatic nitrogens is 2. The molecule has 0 bridgehead atoms. The number of hydroxylamine groups is 1. The average molecular weight is 314 g/mol. The van der Waals surface area contributed by atoms with Crippen molar-refractivity contribution in [3.8, 4) is 0 Å². The first-order valence-electron chi connectivity index (χ1n) is 5.91. The van der Waals surface area contributed by atoms with Gasteiger partial charge in [-0.05, 0) is 37.5 Å². The normalized spacial score (nSPS) is 12.0. The number of hydrogen-bond acceptors (Lipinski definition) is 6. The summed E-state index contributed by atoms with van der Waals surface area (Å²) in [5.74, 6) is -0.527. The largest absolute Gasteiger partial charge is 0.303 e. The van der Waals surface area contributed by atoms with E-state index in [0.29, 0.717) is 17.9 Å². The van der Waals surface area contributed by atoms with E-state index in [4.69, 9.17) is 11.6 Å². The Morgan fingerprint density at radius 1 is 1.48 bits per heavy atom. The Kier molecular flexibility index (Phi) is 4.84. The predicted molar refractivity (Wildman–Crippen MR) is 74.2 cm³/mol. The van der Waals surface area contributed by atoms with Gasteiger partial charge in [0.25, 0.3) is 0 Å². The van der Waals surface area contributed by atoms with E-state index in [2.05, 4.69) is 19.9 Å². The molecule has 2 aromatic rings. The van der Waals surface area contributed by atoms with Gasteiger partial charge in [0, 0.05) is 6.54 Å². The molecule has 0 aliphatic carbocycles. The number of nitrogens with one attached hydrogen (secondary N) is 1. The molecule has 0 unspecified atom stereocenters. The van der Waals surface area contributed by atoms with E-state index >= 15 is 0 Å². The second kappa shape index (κ2) is 6.61. The molecule has 1 heterocycles. The monoisotopic (exact) mass is 313 g/mol. The van der Waals surface area contributed by atoms with Crippen molar-refractivity contribution in [2.75, 3.05) is 14.1 Å². The summed E-state index contributed by atoms with van der Waals surface area (Å²) in [4.78, 5) is 5.97. The van der Waals surface area contributed by atoms with Gasteiger partial charge in [-0.3, -0.25) is 10.7 Å². The van der Waals surface area contributed by atoms with Gasteiger partial charge >= 0.3 is 0 Å². The first-order chi connectivity index (χ1) is 10.0. The SMILES string of the molecule is CN(C)Cc1nonc1C(=Nc1ccc(F)c(Cl)c1)NO. The Morgan fingerprint density at radius 3 is 2.86 bits per heavy atom. The lowest BCUT2D eigenvalue weighted by Gasteiger charge is -2.08. The highest BCUT2D eigenvalue weighted by atomic mass is 35.5. The van der Waals surface area contributed by atoms with Gasteiger partial charge in [-0.2, -0.15) is 0 Å². The van der Waals surface area contributed by atoms with Crippen LogP contribution in [-0.4, -0.2) is 40.4 Å². The van der Waals surface area contributed by atoms with Gasteiger partial charge in [-0.25, -0.2) is 14.0 Å². The van der Waals surface area contributed by atoms with Crippen molar-refractivity contribution in [1.29, 1.82) is 0 Å². The van der Waals surface area contributed by atoms with Gasteiger partial charge in [0.1, 0.15) is 11.5 Å². The molecule has 0 amide bonds. The summed E-state index contributed by atoms with van der Waals surface area (Å²) in [7, 11) is 3.70. The number of hydrogen-bond donors (Lipinski definition) is 2. The highest BCUT2D eigenvalue weighted by molar-refractivity contribution is 6.31. The van der Waals surface area contributed by atoms with E-state index in [9.17, 15) is 9.60 Å². The van der Waals surface area contributed by atoms with Gasteiger partial charge in [-0.15, -0.1) is 0 Å². The second-order valence-corrected chi connectivity index (χ2v) is 4.88. The maximum absolute atomic E-state index is 13.1. The molecule has 0 aliphatic rings. The van der Waals surface area contributed by atoms with Crippen molar-refractivity contribution >= 4 is 23.1 Å². The molecule has 2 rings (SSSR count). The van der Waals surface area contributed by atoms with Gasteiger partial charge < -0.3 is 4.90 Å². The standard InChI is InChI=1S/C12H13ClFN5O2/c1-19(2)6-10-11(18-21-17-10)12(16-20)15-7-3-4-9(14)8(13)5-7/h3-5,20H,6H2,1-2H3,(H,15,16). The summed E-state index contributed by atoms with van der Waals surface area (Å²) < 4.78 is 17.8. The highest BCUT2D eigenvalue weighted by Gasteiger charge is 2.17. The van der Waals surface area contributed by atoms with E-state index in [1.54, 1.807) is 0 Å². The molecule has 0 atom stereocenters. The number of benzene rings is 1. The summed E-state index contributed by atoms with van der Waals surface area (Å²) in [5, 5.41) is 16.6. The van der Waals surface area contributed by atoms with Crippen LogP contribution < -0.4 is 5.48 Å². The van der Waals surface area contributed by atoms with Gasteiger partial charge in [0.2, 0.25) is 0 Å². The molecule has 0 saturated carbocycles. The van der Waals surface area contributed by atoms with Gasteiger partial charge in [-0.1, -0.05) is 16.8 Å². The van der Waals surface area contributed by atoms with Crippen molar-refractivity contribution in [3.05, 3.63) is 40.4 Å². The fraction of sp³-hybridized carbons (Fsp3) is 0.250. The van der Waals surface area contributed by atoms with Crippen LogP contribution in [0.3, 0.4) is 0 Å². The van der Waals surface area contributed by atoms with E-state index in [1.807, 2.05) is 24.5 Å². The zero-order chi connectivity index (χ0) is 15.4. The van der Waals surface area contributed by atoms with Crippen molar-refractivity contribution in [1.82, 2.24) is 20.7 Å². The zero-order valence-electron chi connectivity index (χ0n) is 11.3. The van der Waals surface area contributed by atoms with Crippen molar-refractivity contribution in [3.63, 3.8) is 0 Å². The molecule has 1 aromatic carbocycles. The molecule has 0 saturated heterocycles. The van der Waals surface area contributed by atoms with E-state index < -0.39 is 5.82 Å². The third-order valence-corrected chi connectivity index (χ3v) is 2.79. The average Bonchev–Trinajstić information content (AvgIpc) is 2.87. The summed E-state index contributed by atoms with van der Waals surface area (Å²) in [6.45, 7) is 0.448. The first kappa shape index (κ1) is 15.4. The molecule has 0 aliphatic heterocycles. The summed E-state index contributed by atoms with van der Waals surface area (Å²) in [5.41, 5.74) is 3.03. The number of rotatable bonds is 4. The predicted octanol–water partition coefficient (Wildman–Crippen LogP) is 1.98. The van der Waals surface area contributed by atoms with Crippen LogP contribution in [0.25, 0.3) is 0 Å². The maximum atomic E-state index is 13.1. The lowest BCUT2D eigenvalue weighted by atomic mass is 10.2. The van der Waals surface area contributed by atoms with Crippen LogP contribution in [0.5, 0.6) is 0 Å². The van der Waals surface area contributed by atoms with Crippen LogP contribution in [0.2, 0.25) is 5.02 Å². The molecule has 0 spiro atoms. The van der Waals surface area contributed by atoms with Crippen molar-refractivity contribution in [2.45, 2.75) is 6.54 Å². The van der Waals surface area contributed by atoms with Crippen molar-refractivity contribution < 1.29 is 14.2 Å². The van der Waals surface area contributed by atoms with Crippen LogP contribution in [0.4, 0.5) is 10.1 Å². The van der Waals surface area contributed by atoms with Crippen LogP contribution in [0.15, 0.2) is 27.8 Å². The summed E-state index contributed by atoms with van der Waals surface area (Å²) in [6.07, 6.45) is 0. The number of halogens is 2. The Balaban J connectivity index is 2.36. The van der Waals surface area contributed by atoms with Gasteiger partial charge in [0.15, 0.2) is 11.5 Å². The quantitative estimate of drug-likeness (QED) is 0.510. The summed E-state index contributed by atoms with van der Waals surface area (Å²) >= 11 is 5.69. The highest BCUT2D eigenvalue weighted by Crippen LogP contribution is 2.22. The molecule has 7 nitrogen and oxygen atoms in total. The number of nitrogens with zero attached hydrogens (tertiary/aromatic N) is 4. The molecule has 1 aromatic heterocycles. The third kappa shape index (κ3) is 3.75. The minimum absolute atomic E-state index is 0.0239. The Labute approximate surface area is 125 Å². The Hall–Kier alpha value is -2.03. The molecule has 0 fully saturated rings. The fourth-order valence-corrected chi connectivity index (χ4v) is 1.78. The minimum Gasteiger partial charge on any atom is -0.303 e. The van der Waals surface area contributed by atoms with Crippen LogP contribution in [-0.2, 0) is 6.54 Å². The molecule has 112 valence electrons.